The van der Waals surface area contributed by atoms with Crippen molar-refractivity contribution < 1.29 is 8.78 Å². The minimum atomic E-state index is -0.568. The second kappa shape index (κ2) is 5.11. The number of hydrogen-bond donors (Lipinski definition) is 1. The predicted octanol–water partition coefficient (Wildman–Crippen LogP) is 2.61. The van der Waals surface area contributed by atoms with Gasteiger partial charge in [-0.2, -0.15) is 0 Å². The van der Waals surface area contributed by atoms with Crippen molar-refractivity contribution in [2.24, 2.45) is 0 Å². The number of nitrogens with zero attached hydrogens (tertiary/aromatic N) is 2. The topological polar surface area (TPSA) is 43.8 Å². The highest BCUT2D eigenvalue weighted by Gasteiger charge is 2.18. The fourth-order valence-corrected chi connectivity index (χ4v) is 1.93. The SMILES string of the molecule is C#CCn1c(CC)nc(-c2cc(F)ccc2F)c1N. The quantitative estimate of drug-likeness (QED) is 0.863. The van der Waals surface area contributed by atoms with E-state index >= 15 is 0 Å². The number of imidazole rings is 1. The first-order valence-corrected chi connectivity index (χ1v) is 5.82. The molecule has 0 fully saturated rings. The highest BCUT2D eigenvalue weighted by molar-refractivity contribution is 5.71. The molecule has 0 aliphatic rings. The van der Waals surface area contributed by atoms with Gasteiger partial charge in [-0.1, -0.05) is 12.8 Å². The van der Waals surface area contributed by atoms with E-state index in [-0.39, 0.29) is 23.6 Å². The van der Waals surface area contributed by atoms with Crippen molar-refractivity contribution in [3.8, 4) is 23.6 Å². The van der Waals surface area contributed by atoms with Gasteiger partial charge in [0.25, 0.3) is 0 Å². The van der Waals surface area contributed by atoms with Crippen LogP contribution in [0, 0.1) is 24.0 Å². The molecule has 1 heterocycles. The number of anilines is 1. The molecule has 2 N–H and O–H groups in total. The lowest BCUT2D eigenvalue weighted by atomic mass is 10.1. The van der Waals surface area contributed by atoms with Crippen molar-refractivity contribution in [2.45, 2.75) is 19.9 Å². The number of hydrogen-bond acceptors (Lipinski definition) is 2. The Hall–Kier alpha value is -2.35. The van der Waals surface area contributed by atoms with Gasteiger partial charge in [0.15, 0.2) is 0 Å². The summed E-state index contributed by atoms with van der Waals surface area (Å²) >= 11 is 0. The average molecular weight is 261 g/mol. The highest BCUT2D eigenvalue weighted by Crippen LogP contribution is 2.29. The molecule has 0 atom stereocenters. The molecular weight excluding hydrogens is 248 g/mol. The molecule has 0 bridgehead atoms. The molecule has 0 aliphatic carbocycles. The summed E-state index contributed by atoms with van der Waals surface area (Å²) in [6, 6.07) is 3.18. The summed E-state index contributed by atoms with van der Waals surface area (Å²) in [5.41, 5.74) is 6.20. The van der Waals surface area contributed by atoms with Crippen molar-refractivity contribution in [2.75, 3.05) is 5.73 Å². The third-order valence-electron chi connectivity index (χ3n) is 2.84. The number of terminal acetylenes is 1. The van der Waals surface area contributed by atoms with E-state index in [1.807, 2.05) is 6.92 Å². The fraction of sp³-hybridized carbons (Fsp3) is 0.214. The standard InChI is InChI=1S/C14H13F2N3/c1-3-7-19-12(4-2)18-13(14(19)17)10-8-9(15)5-6-11(10)16/h1,5-6,8H,4,7,17H2,2H3. The van der Waals surface area contributed by atoms with Crippen LogP contribution in [0.1, 0.15) is 12.7 Å². The zero-order chi connectivity index (χ0) is 14.0. The number of aromatic nitrogens is 2. The monoisotopic (exact) mass is 261 g/mol. The summed E-state index contributed by atoms with van der Waals surface area (Å²) in [5, 5.41) is 0. The van der Waals surface area contributed by atoms with Crippen LogP contribution in [0.15, 0.2) is 18.2 Å². The molecule has 1 aromatic carbocycles. The van der Waals surface area contributed by atoms with E-state index < -0.39 is 11.6 Å². The maximum Gasteiger partial charge on any atom is 0.132 e. The van der Waals surface area contributed by atoms with Crippen LogP contribution in [0.5, 0.6) is 0 Å². The highest BCUT2D eigenvalue weighted by atomic mass is 19.1. The Balaban J connectivity index is 2.63. The number of nitrogen functional groups attached to an aromatic ring is 1. The molecule has 5 heteroatoms. The van der Waals surface area contributed by atoms with Crippen molar-refractivity contribution in [1.82, 2.24) is 9.55 Å². The lowest BCUT2D eigenvalue weighted by molar-refractivity contribution is 0.603. The Morgan fingerprint density at radius 2 is 2.16 bits per heavy atom. The smallest absolute Gasteiger partial charge is 0.132 e. The Bertz CT molecular complexity index is 653. The largest absolute Gasteiger partial charge is 0.383 e. The van der Waals surface area contributed by atoms with E-state index in [9.17, 15) is 8.78 Å². The van der Waals surface area contributed by atoms with Crippen LogP contribution in [0.2, 0.25) is 0 Å². The van der Waals surface area contributed by atoms with E-state index in [1.165, 1.54) is 0 Å². The Labute approximate surface area is 110 Å². The van der Waals surface area contributed by atoms with E-state index in [2.05, 4.69) is 10.9 Å². The summed E-state index contributed by atoms with van der Waals surface area (Å²) in [6.45, 7) is 2.14. The number of halogens is 2. The molecule has 0 aliphatic heterocycles. The van der Waals surface area contributed by atoms with Gasteiger partial charge in [0.05, 0.1) is 6.54 Å². The third kappa shape index (κ3) is 2.29. The molecule has 3 nitrogen and oxygen atoms in total. The van der Waals surface area contributed by atoms with E-state index in [1.54, 1.807) is 4.57 Å². The Morgan fingerprint density at radius 3 is 2.79 bits per heavy atom. The minimum Gasteiger partial charge on any atom is -0.383 e. The van der Waals surface area contributed by atoms with Crippen molar-refractivity contribution in [3.63, 3.8) is 0 Å². The van der Waals surface area contributed by atoms with Crippen LogP contribution in [0.3, 0.4) is 0 Å². The number of nitrogens with two attached hydrogens (primary N) is 1. The first-order chi connectivity index (χ1) is 9.08. The van der Waals surface area contributed by atoms with Gasteiger partial charge in [-0.3, -0.25) is 0 Å². The van der Waals surface area contributed by atoms with Crippen LogP contribution in [0.4, 0.5) is 14.6 Å². The van der Waals surface area contributed by atoms with Crippen LogP contribution >= 0.6 is 0 Å². The van der Waals surface area contributed by atoms with Gasteiger partial charge in [-0.15, -0.1) is 6.42 Å². The second-order valence-corrected chi connectivity index (χ2v) is 4.03. The number of rotatable bonds is 3. The molecule has 98 valence electrons. The number of aryl methyl sites for hydroxylation is 1. The first-order valence-electron chi connectivity index (χ1n) is 5.82. The summed E-state index contributed by atoms with van der Waals surface area (Å²) in [5.74, 6) is 2.25. The molecule has 0 spiro atoms. The molecule has 0 radical (unpaired) electrons. The lowest BCUT2D eigenvalue weighted by Gasteiger charge is -2.04. The van der Waals surface area contributed by atoms with E-state index in [0.29, 0.717) is 12.2 Å². The number of benzene rings is 1. The maximum absolute atomic E-state index is 13.8. The van der Waals surface area contributed by atoms with E-state index in [0.717, 1.165) is 18.2 Å². The van der Waals surface area contributed by atoms with Crippen LogP contribution < -0.4 is 5.73 Å². The van der Waals surface area contributed by atoms with Gasteiger partial charge in [0, 0.05) is 12.0 Å². The molecule has 0 saturated heterocycles. The average Bonchev–Trinajstić information content (AvgIpc) is 2.70. The lowest BCUT2D eigenvalue weighted by Crippen LogP contribution is -2.05. The van der Waals surface area contributed by atoms with Crippen molar-refractivity contribution >= 4 is 5.82 Å². The second-order valence-electron chi connectivity index (χ2n) is 4.03. The first kappa shape index (κ1) is 13.1. The van der Waals surface area contributed by atoms with Gasteiger partial charge in [0.2, 0.25) is 0 Å². The van der Waals surface area contributed by atoms with Gasteiger partial charge < -0.3 is 10.3 Å². The molecule has 2 aromatic rings. The minimum absolute atomic E-state index is 0.0444. The summed E-state index contributed by atoms with van der Waals surface area (Å²) in [7, 11) is 0. The van der Waals surface area contributed by atoms with Gasteiger partial charge >= 0.3 is 0 Å². The fourth-order valence-electron chi connectivity index (χ4n) is 1.93. The van der Waals surface area contributed by atoms with Gasteiger partial charge in [0.1, 0.15) is 29.0 Å². The zero-order valence-corrected chi connectivity index (χ0v) is 10.5. The molecule has 0 saturated carbocycles. The summed E-state index contributed by atoms with van der Waals surface area (Å²) in [6.07, 6.45) is 5.87. The van der Waals surface area contributed by atoms with Crippen molar-refractivity contribution in [1.29, 1.82) is 0 Å². The molecule has 0 amide bonds. The summed E-state index contributed by atoms with van der Waals surface area (Å²) in [4.78, 5) is 4.25. The normalized spacial score (nSPS) is 10.4. The Kier molecular flexibility index (Phi) is 3.52. The maximum atomic E-state index is 13.8. The predicted molar refractivity (Wildman–Crippen MR) is 70.2 cm³/mol. The molecule has 0 unspecified atom stereocenters. The third-order valence-corrected chi connectivity index (χ3v) is 2.84. The molecule has 19 heavy (non-hydrogen) atoms. The van der Waals surface area contributed by atoms with Gasteiger partial charge in [-0.05, 0) is 18.2 Å². The zero-order valence-electron chi connectivity index (χ0n) is 10.5. The molecule has 2 rings (SSSR count). The Morgan fingerprint density at radius 1 is 1.42 bits per heavy atom. The molecular formula is C14H13F2N3. The molecule has 1 aromatic heterocycles. The van der Waals surface area contributed by atoms with Crippen LogP contribution in [-0.2, 0) is 13.0 Å². The van der Waals surface area contributed by atoms with E-state index in [4.69, 9.17) is 12.2 Å². The van der Waals surface area contributed by atoms with Gasteiger partial charge in [-0.25, -0.2) is 13.8 Å². The van der Waals surface area contributed by atoms with Crippen molar-refractivity contribution in [3.05, 3.63) is 35.7 Å². The van der Waals surface area contributed by atoms with Crippen LogP contribution in [-0.4, -0.2) is 9.55 Å². The van der Waals surface area contributed by atoms with Crippen LogP contribution in [0.25, 0.3) is 11.3 Å². The summed E-state index contributed by atoms with van der Waals surface area (Å²) < 4.78 is 28.6.